The third-order valence-electron chi connectivity index (χ3n) is 6.88. The van der Waals surface area contributed by atoms with Gasteiger partial charge in [-0.3, -0.25) is 14.4 Å². The second-order valence-electron chi connectivity index (χ2n) is 13.1. The number of carbonyl (C=O) groups excluding carboxylic acids is 5. The minimum Gasteiger partial charge on any atom is -0.458 e. The van der Waals surface area contributed by atoms with Gasteiger partial charge in [0.25, 0.3) is 0 Å². The Hall–Kier alpha value is -4.41. The number of nitrogens with zero attached hydrogens (tertiary/aromatic N) is 1. The molecule has 0 heterocycles. The van der Waals surface area contributed by atoms with Crippen LogP contribution in [0.2, 0.25) is 0 Å². The van der Waals surface area contributed by atoms with Gasteiger partial charge in [0.05, 0.1) is 0 Å². The minimum absolute atomic E-state index is 0.118. The Labute approximate surface area is 266 Å². The number of alkyl carbamates (subject to hydrolysis) is 1. The van der Waals surface area contributed by atoms with Crippen molar-refractivity contribution in [2.45, 2.75) is 104 Å². The number of amides is 4. The van der Waals surface area contributed by atoms with Crippen LogP contribution in [0.1, 0.15) is 82.7 Å². The molecule has 2 rings (SSSR count). The van der Waals surface area contributed by atoms with E-state index in [-0.39, 0.29) is 19.3 Å². The molecule has 0 aliphatic rings. The van der Waals surface area contributed by atoms with Gasteiger partial charge in [-0.25, -0.2) is 9.59 Å². The molecule has 246 valence electrons. The molecule has 0 fully saturated rings. The van der Waals surface area contributed by atoms with Gasteiger partial charge in [0, 0.05) is 19.9 Å². The van der Waals surface area contributed by atoms with E-state index < -0.39 is 59.1 Å². The molecule has 2 aromatic carbocycles. The summed E-state index contributed by atoms with van der Waals surface area (Å²) in [5.74, 6) is -2.57. The summed E-state index contributed by atoms with van der Waals surface area (Å²) in [5, 5.41) is 5.37. The number of likely N-dealkylation sites (N-methyl/N-ethyl adjacent to an activating group) is 1. The van der Waals surface area contributed by atoms with Crippen LogP contribution in [0.4, 0.5) is 4.79 Å². The first kappa shape index (κ1) is 36.8. The number of hydrogen-bond donors (Lipinski definition) is 3. The van der Waals surface area contributed by atoms with Crippen LogP contribution in [0.15, 0.2) is 48.5 Å². The number of hydrogen-bond acceptors (Lipinski definition) is 7. The monoisotopic (exact) mass is 624 g/mol. The quantitative estimate of drug-likeness (QED) is 0.301. The lowest BCUT2D eigenvalue weighted by Crippen LogP contribution is -2.54. The molecule has 2 aromatic rings. The van der Waals surface area contributed by atoms with E-state index in [1.165, 1.54) is 11.9 Å². The molecule has 4 N–H and O–H groups in total. The van der Waals surface area contributed by atoms with E-state index in [1.807, 2.05) is 50.2 Å². The molecule has 3 unspecified atom stereocenters. The zero-order valence-electron chi connectivity index (χ0n) is 27.9. The van der Waals surface area contributed by atoms with Gasteiger partial charge in [0.15, 0.2) is 0 Å². The van der Waals surface area contributed by atoms with Crippen molar-refractivity contribution in [2.75, 3.05) is 7.05 Å². The molecule has 0 aliphatic carbocycles. The van der Waals surface area contributed by atoms with Crippen molar-refractivity contribution in [1.29, 1.82) is 0 Å². The molecule has 0 saturated heterocycles. The number of nitrogens with two attached hydrogens (primary N) is 1. The molecule has 0 radical (unpaired) electrons. The lowest BCUT2D eigenvalue weighted by atomic mass is 9.94. The second kappa shape index (κ2) is 15.5. The van der Waals surface area contributed by atoms with E-state index >= 15 is 0 Å². The molecule has 45 heavy (non-hydrogen) atoms. The molecule has 0 bridgehead atoms. The number of carbonyl (C=O) groups is 5. The van der Waals surface area contributed by atoms with Gasteiger partial charge in [0.1, 0.15) is 29.3 Å². The van der Waals surface area contributed by atoms with Crippen LogP contribution in [-0.4, -0.2) is 65.0 Å². The van der Waals surface area contributed by atoms with Crippen molar-refractivity contribution in [3.8, 4) is 0 Å². The zero-order valence-corrected chi connectivity index (χ0v) is 27.9. The highest BCUT2D eigenvalue weighted by molar-refractivity contribution is 5.94. The molecular formula is C34H48N4O7. The van der Waals surface area contributed by atoms with Crippen molar-refractivity contribution in [2.24, 2.45) is 5.73 Å². The summed E-state index contributed by atoms with van der Waals surface area (Å²) in [6, 6.07) is 11.1. The Bertz CT molecular complexity index is 1360. The van der Waals surface area contributed by atoms with Gasteiger partial charge in [-0.15, -0.1) is 0 Å². The van der Waals surface area contributed by atoms with Crippen LogP contribution in [0.25, 0.3) is 0 Å². The Morgan fingerprint density at radius 1 is 0.822 bits per heavy atom. The number of esters is 1. The fourth-order valence-corrected chi connectivity index (χ4v) is 4.63. The van der Waals surface area contributed by atoms with Gasteiger partial charge < -0.3 is 30.7 Å². The molecule has 11 heteroatoms. The van der Waals surface area contributed by atoms with E-state index in [9.17, 15) is 24.0 Å². The van der Waals surface area contributed by atoms with Gasteiger partial charge in [-0.2, -0.15) is 0 Å². The summed E-state index contributed by atoms with van der Waals surface area (Å²) in [5.41, 5.74) is 6.69. The summed E-state index contributed by atoms with van der Waals surface area (Å²) >= 11 is 0. The van der Waals surface area contributed by atoms with E-state index in [2.05, 4.69) is 10.6 Å². The third-order valence-corrected chi connectivity index (χ3v) is 6.88. The van der Waals surface area contributed by atoms with Crippen molar-refractivity contribution >= 4 is 29.8 Å². The van der Waals surface area contributed by atoms with Crippen LogP contribution in [0, 0.1) is 13.8 Å². The molecular weight excluding hydrogens is 576 g/mol. The fraction of sp³-hybridized carbons (Fsp3) is 0.500. The first-order valence-corrected chi connectivity index (χ1v) is 15.0. The summed E-state index contributed by atoms with van der Waals surface area (Å²) in [4.78, 5) is 67.1. The fourth-order valence-electron chi connectivity index (χ4n) is 4.63. The SMILES string of the molecule is Cc1cccc(C(C(=O)NC(Cc2ccccc2)C(=O)OC(C)(C)C)N(C)C(=O)C(CCC(N)=O)NC(=O)OC(C)(C)C)c1C. The van der Waals surface area contributed by atoms with Crippen LogP contribution in [0.5, 0.6) is 0 Å². The average Bonchev–Trinajstić information content (AvgIpc) is 2.91. The Morgan fingerprint density at radius 2 is 1.42 bits per heavy atom. The third kappa shape index (κ3) is 11.9. The second-order valence-corrected chi connectivity index (χ2v) is 13.1. The van der Waals surface area contributed by atoms with Crippen LogP contribution in [-0.2, 0) is 35.1 Å². The Kier molecular flexibility index (Phi) is 12.7. The average molecular weight is 625 g/mol. The summed E-state index contributed by atoms with van der Waals surface area (Å²) < 4.78 is 11.0. The number of benzene rings is 2. The van der Waals surface area contributed by atoms with Crippen molar-refractivity contribution in [3.05, 3.63) is 70.8 Å². The number of nitrogens with one attached hydrogen (secondary N) is 2. The summed E-state index contributed by atoms with van der Waals surface area (Å²) in [6.45, 7) is 14.0. The summed E-state index contributed by atoms with van der Waals surface area (Å²) in [7, 11) is 1.43. The number of aryl methyl sites for hydroxylation is 1. The highest BCUT2D eigenvalue weighted by Gasteiger charge is 2.37. The van der Waals surface area contributed by atoms with E-state index in [1.54, 1.807) is 53.7 Å². The Morgan fingerprint density at radius 3 is 1.98 bits per heavy atom. The zero-order chi connectivity index (χ0) is 34.1. The maximum Gasteiger partial charge on any atom is 0.408 e. The topological polar surface area (TPSA) is 157 Å². The largest absolute Gasteiger partial charge is 0.458 e. The predicted molar refractivity (Wildman–Crippen MR) is 171 cm³/mol. The van der Waals surface area contributed by atoms with E-state index in [4.69, 9.17) is 15.2 Å². The smallest absolute Gasteiger partial charge is 0.408 e. The van der Waals surface area contributed by atoms with Gasteiger partial charge in [-0.05, 0) is 84.1 Å². The lowest BCUT2D eigenvalue weighted by molar-refractivity contribution is -0.159. The van der Waals surface area contributed by atoms with Crippen LogP contribution < -0.4 is 16.4 Å². The molecule has 3 atom stereocenters. The van der Waals surface area contributed by atoms with Gasteiger partial charge in [0.2, 0.25) is 17.7 Å². The van der Waals surface area contributed by atoms with E-state index in [0.717, 1.165) is 16.7 Å². The maximum atomic E-state index is 14.2. The van der Waals surface area contributed by atoms with Crippen molar-refractivity contribution < 1.29 is 33.4 Å². The molecule has 0 saturated carbocycles. The van der Waals surface area contributed by atoms with Crippen LogP contribution >= 0.6 is 0 Å². The lowest BCUT2D eigenvalue weighted by Gasteiger charge is -2.33. The standard InChI is InChI=1S/C34H48N4O7/c1-21-14-13-17-24(22(21)2)28(38(9)30(41)25(18-19-27(35)39)37-32(43)45-34(6,7)8)29(40)36-26(31(42)44-33(3,4)5)20-23-15-11-10-12-16-23/h10-17,25-26,28H,18-20H2,1-9H3,(H2,35,39)(H,36,40)(H,37,43). The molecule has 4 amide bonds. The maximum absolute atomic E-state index is 14.2. The van der Waals surface area contributed by atoms with E-state index in [0.29, 0.717) is 5.56 Å². The molecule has 11 nitrogen and oxygen atoms in total. The van der Waals surface area contributed by atoms with Gasteiger partial charge in [-0.1, -0.05) is 48.5 Å². The predicted octanol–water partition coefficient (Wildman–Crippen LogP) is 4.03. The summed E-state index contributed by atoms with van der Waals surface area (Å²) in [6.07, 6.45) is -1.02. The van der Waals surface area contributed by atoms with Gasteiger partial charge >= 0.3 is 12.1 Å². The first-order valence-electron chi connectivity index (χ1n) is 15.0. The molecule has 0 aromatic heterocycles. The molecule has 0 spiro atoms. The van der Waals surface area contributed by atoms with Crippen molar-refractivity contribution in [1.82, 2.24) is 15.5 Å². The molecule has 0 aliphatic heterocycles. The highest BCUT2D eigenvalue weighted by atomic mass is 16.6. The van der Waals surface area contributed by atoms with Crippen molar-refractivity contribution in [3.63, 3.8) is 0 Å². The normalized spacial score (nSPS) is 13.5. The highest BCUT2D eigenvalue weighted by Crippen LogP contribution is 2.27. The Balaban J connectivity index is 2.54. The minimum atomic E-state index is -1.23. The first-order chi connectivity index (χ1) is 20.8. The van der Waals surface area contributed by atoms with Crippen LogP contribution in [0.3, 0.4) is 0 Å². The number of rotatable bonds is 12. The number of primary amides is 1. The number of ether oxygens (including phenoxy) is 2.